The Morgan fingerprint density at radius 2 is 1.28 bits per heavy atom. The standard InChI is InChI=1S/C59H48BN2OS/c1-57(2,3)32-17-20-34(21-18-32)61-48-27-43-36-22-19-33(58(4,5)6)25-51(36)63-52(43)29-41(48)38-23-24-39-42-26-44-37-14-10-12-16-53(37)64-54(44)31-49(42)62-50-28-40-35-13-9-11-15-45(35)59(7,8)46(40)30-47(50)60-55(38)56(39)62/h9-31,61H,1-8H3. The van der Waals surface area contributed by atoms with Gasteiger partial charge in [0.15, 0.2) is 7.28 Å². The molecule has 0 atom stereocenters. The fourth-order valence-electron chi connectivity index (χ4n) is 11.0. The van der Waals surface area contributed by atoms with Crippen LogP contribution >= 0.6 is 11.3 Å². The average Bonchev–Trinajstić information content (AvgIpc) is 3.98. The number of nitrogens with zero attached hydrogens (tertiary/aromatic N) is 1. The normalized spacial score (nSPS) is 14.2. The molecule has 1 aliphatic heterocycles. The first-order valence-corrected chi connectivity index (χ1v) is 23.5. The summed E-state index contributed by atoms with van der Waals surface area (Å²) in [4.78, 5) is 0. The molecule has 309 valence electrons. The number of hydrogen-bond donors (Lipinski definition) is 1. The maximum atomic E-state index is 6.84. The van der Waals surface area contributed by atoms with Crippen LogP contribution in [0.1, 0.15) is 77.6 Å². The predicted octanol–water partition coefficient (Wildman–Crippen LogP) is 15.3. The third-order valence-corrected chi connectivity index (χ3v) is 15.7. The SMILES string of the molecule is CC(C)(C)c1ccc(Nc2cc3c(cc2-c2ccc4c5cc6c(cc5n5c4c2[B]c2cc4c(cc2-5)-c2ccccc2C4(C)C)sc2ccccc26)oc2cc(C(C)(C)C)ccc23)cc1. The molecule has 11 aromatic rings. The van der Waals surface area contributed by atoms with Gasteiger partial charge in [0.25, 0.3) is 0 Å². The van der Waals surface area contributed by atoms with Crippen molar-refractivity contribution in [2.45, 2.75) is 71.6 Å². The molecule has 2 aliphatic rings. The second-order valence-corrected chi connectivity index (χ2v) is 22.0. The fraction of sp³-hybridized carbons (Fsp3) is 0.186. The first-order valence-electron chi connectivity index (χ1n) is 22.7. The van der Waals surface area contributed by atoms with Crippen LogP contribution in [0.5, 0.6) is 0 Å². The van der Waals surface area contributed by atoms with E-state index in [0.717, 1.165) is 38.9 Å². The zero-order valence-corrected chi connectivity index (χ0v) is 38.4. The van der Waals surface area contributed by atoms with Gasteiger partial charge in [-0.25, -0.2) is 0 Å². The van der Waals surface area contributed by atoms with Crippen LogP contribution in [-0.4, -0.2) is 11.8 Å². The Morgan fingerprint density at radius 3 is 2.09 bits per heavy atom. The van der Waals surface area contributed by atoms with E-state index in [9.17, 15) is 0 Å². The van der Waals surface area contributed by atoms with Crippen molar-refractivity contribution in [2.24, 2.45) is 0 Å². The molecule has 0 spiro atoms. The van der Waals surface area contributed by atoms with Gasteiger partial charge in [-0.1, -0.05) is 146 Å². The minimum Gasteiger partial charge on any atom is -0.456 e. The van der Waals surface area contributed by atoms with E-state index in [4.69, 9.17) is 4.42 Å². The number of rotatable bonds is 3. The van der Waals surface area contributed by atoms with E-state index >= 15 is 0 Å². The minimum absolute atomic E-state index is 0.00720. The number of nitrogens with one attached hydrogen (secondary N) is 1. The molecular formula is C59H48BN2OS. The summed E-state index contributed by atoms with van der Waals surface area (Å²) in [6, 6.07) is 52.8. The lowest BCUT2D eigenvalue weighted by Crippen LogP contribution is -2.38. The zero-order chi connectivity index (χ0) is 43.6. The molecule has 1 aliphatic carbocycles. The summed E-state index contributed by atoms with van der Waals surface area (Å²) in [5, 5.41) is 11.4. The Bertz CT molecular complexity index is 3830. The van der Waals surface area contributed by atoms with Crippen molar-refractivity contribution in [3.8, 4) is 27.9 Å². The molecular weight excluding hydrogens is 796 g/mol. The van der Waals surface area contributed by atoms with Crippen LogP contribution < -0.4 is 16.2 Å². The van der Waals surface area contributed by atoms with E-state index in [1.54, 1.807) is 0 Å². The van der Waals surface area contributed by atoms with Crippen molar-refractivity contribution < 1.29 is 4.42 Å². The molecule has 5 heteroatoms. The zero-order valence-electron chi connectivity index (χ0n) is 37.6. The Kier molecular flexibility index (Phi) is 7.59. The van der Waals surface area contributed by atoms with Gasteiger partial charge in [0.1, 0.15) is 11.2 Å². The lowest BCUT2D eigenvalue weighted by atomic mass is 9.58. The average molecular weight is 844 g/mol. The summed E-state index contributed by atoms with van der Waals surface area (Å²) >= 11 is 1.89. The molecule has 13 rings (SSSR count). The monoisotopic (exact) mass is 843 g/mol. The number of fused-ring (bicyclic) bond motifs is 14. The van der Waals surface area contributed by atoms with Gasteiger partial charge >= 0.3 is 0 Å². The van der Waals surface area contributed by atoms with E-state index < -0.39 is 0 Å². The van der Waals surface area contributed by atoms with Crippen molar-refractivity contribution in [3.63, 3.8) is 0 Å². The van der Waals surface area contributed by atoms with Gasteiger partial charge in [-0.15, -0.1) is 11.3 Å². The van der Waals surface area contributed by atoms with E-state index in [0.29, 0.717) is 0 Å². The van der Waals surface area contributed by atoms with Crippen LogP contribution in [0.15, 0.2) is 144 Å². The second-order valence-electron chi connectivity index (χ2n) is 20.9. The van der Waals surface area contributed by atoms with Crippen LogP contribution in [0.2, 0.25) is 0 Å². The van der Waals surface area contributed by atoms with Crippen molar-refractivity contribution in [3.05, 3.63) is 162 Å². The van der Waals surface area contributed by atoms with E-state index in [1.807, 2.05) is 11.3 Å². The lowest BCUT2D eigenvalue weighted by molar-refractivity contribution is 0.587. The van der Waals surface area contributed by atoms with Gasteiger partial charge in [-0.05, 0) is 110 Å². The molecule has 4 heterocycles. The fourth-order valence-corrected chi connectivity index (χ4v) is 12.1. The van der Waals surface area contributed by atoms with Gasteiger partial charge in [-0.3, -0.25) is 0 Å². The summed E-state index contributed by atoms with van der Waals surface area (Å²) in [6.45, 7) is 18.4. The number of thiophene rings is 1. The predicted molar refractivity (Wildman–Crippen MR) is 276 cm³/mol. The van der Waals surface area contributed by atoms with Gasteiger partial charge < -0.3 is 14.3 Å². The van der Waals surface area contributed by atoms with Crippen molar-refractivity contribution >= 4 is 105 Å². The van der Waals surface area contributed by atoms with E-state index in [2.05, 4.69) is 212 Å². The van der Waals surface area contributed by atoms with Crippen LogP contribution in [0.4, 0.5) is 11.4 Å². The third kappa shape index (κ3) is 5.34. The van der Waals surface area contributed by atoms with Crippen LogP contribution in [0.3, 0.4) is 0 Å². The number of benzene rings is 8. The summed E-state index contributed by atoms with van der Waals surface area (Å²) in [7, 11) is 2.48. The largest absolute Gasteiger partial charge is 0.456 e. The van der Waals surface area contributed by atoms with Gasteiger partial charge in [0, 0.05) is 75.3 Å². The van der Waals surface area contributed by atoms with Crippen LogP contribution in [0.25, 0.3) is 91.9 Å². The highest BCUT2D eigenvalue weighted by molar-refractivity contribution is 7.25. The van der Waals surface area contributed by atoms with Gasteiger partial charge in [0.05, 0.1) is 5.52 Å². The summed E-state index contributed by atoms with van der Waals surface area (Å²) < 4.78 is 12.1. The molecule has 0 amide bonds. The third-order valence-electron chi connectivity index (χ3n) is 14.5. The number of furan rings is 1. The molecule has 1 radical (unpaired) electrons. The Hall–Kier alpha value is -6.56. The number of aromatic nitrogens is 1. The Morgan fingerprint density at radius 1 is 0.547 bits per heavy atom. The first kappa shape index (κ1) is 38.0. The van der Waals surface area contributed by atoms with Gasteiger partial charge in [-0.2, -0.15) is 0 Å². The molecule has 0 unspecified atom stereocenters. The molecule has 0 fully saturated rings. The Balaban J connectivity index is 1.10. The maximum absolute atomic E-state index is 6.84. The quantitative estimate of drug-likeness (QED) is 0.180. The molecule has 8 aromatic carbocycles. The van der Waals surface area contributed by atoms with Crippen LogP contribution in [0, 0.1) is 0 Å². The molecule has 64 heavy (non-hydrogen) atoms. The summed E-state index contributed by atoms with van der Waals surface area (Å²) in [5.74, 6) is 0. The van der Waals surface area contributed by atoms with E-state index in [1.165, 1.54) is 97.5 Å². The lowest BCUT2D eigenvalue weighted by Gasteiger charge is -2.27. The topological polar surface area (TPSA) is 30.1 Å². The maximum Gasteiger partial charge on any atom is 0.197 e. The van der Waals surface area contributed by atoms with Gasteiger partial charge in [0.2, 0.25) is 0 Å². The first-order chi connectivity index (χ1) is 30.7. The van der Waals surface area contributed by atoms with Crippen molar-refractivity contribution in [2.75, 3.05) is 5.32 Å². The molecule has 3 aromatic heterocycles. The van der Waals surface area contributed by atoms with Crippen molar-refractivity contribution in [1.82, 2.24) is 4.57 Å². The highest BCUT2D eigenvalue weighted by Crippen LogP contribution is 2.50. The number of hydrogen-bond acceptors (Lipinski definition) is 3. The molecule has 3 nitrogen and oxygen atoms in total. The molecule has 0 saturated heterocycles. The van der Waals surface area contributed by atoms with Crippen molar-refractivity contribution in [1.29, 1.82) is 0 Å². The molecule has 0 saturated carbocycles. The molecule has 1 N–H and O–H groups in total. The molecule has 0 bridgehead atoms. The number of anilines is 2. The summed E-state index contributed by atoms with van der Waals surface area (Å²) in [6.07, 6.45) is 0. The highest BCUT2D eigenvalue weighted by atomic mass is 32.1. The minimum atomic E-state index is -0.120. The Labute approximate surface area is 378 Å². The highest BCUT2D eigenvalue weighted by Gasteiger charge is 2.38. The smallest absolute Gasteiger partial charge is 0.197 e. The van der Waals surface area contributed by atoms with Crippen LogP contribution in [-0.2, 0) is 16.2 Å². The summed E-state index contributed by atoms with van der Waals surface area (Å²) in [5.41, 5.74) is 20.3. The van der Waals surface area contributed by atoms with E-state index in [-0.39, 0.29) is 16.2 Å². The second kappa shape index (κ2) is 12.8.